The maximum absolute atomic E-state index is 6.08. The molecule has 1 aliphatic heterocycles. The van der Waals surface area contributed by atoms with Gasteiger partial charge in [0.1, 0.15) is 0 Å². The molecule has 0 bridgehead atoms. The highest BCUT2D eigenvalue weighted by molar-refractivity contribution is 6.34. The third kappa shape index (κ3) is 3.83. The van der Waals surface area contributed by atoms with Crippen molar-refractivity contribution in [2.24, 2.45) is 5.73 Å². The van der Waals surface area contributed by atoms with Gasteiger partial charge in [-0.1, -0.05) is 23.2 Å². The van der Waals surface area contributed by atoms with E-state index >= 15 is 0 Å². The van der Waals surface area contributed by atoms with Crippen molar-refractivity contribution in [3.05, 3.63) is 33.8 Å². The molecule has 0 aliphatic carbocycles. The van der Waals surface area contributed by atoms with Crippen LogP contribution in [0, 0.1) is 0 Å². The van der Waals surface area contributed by atoms with Crippen LogP contribution in [-0.4, -0.2) is 36.7 Å². The maximum Gasteiger partial charge on any atom is 0.0753 e. The summed E-state index contributed by atoms with van der Waals surface area (Å²) in [6.45, 7) is 7.16. The summed E-state index contributed by atoms with van der Waals surface area (Å²) in [6.07, 6.45) is 0. The van der Waals surface area contributed by atoms with Crippen molar-refractivity contribution < 1.29 is 4.74 Å². The smallest absolute Gasteiger partial charge is 0.0753 e. The van der Waals surface area contributed by atoms with Crippen LogP contribution in [0.3, 0.4) is 0 Å². The summed E-state index contributed by atoms with van der Waals surface area (Å²) in [7, 11) is 0. The second-order valence-corrected chi connectivity index (χ2v) is 6.41. The Morgan fingerprint density at radius 3 is 2.47 bits per heavy atom. The van der Waals surface area contributed by atoms with Gasteiger partial charge in [-0.3, -0.25) is 4.90 Å². The molecule has 1 unspecified atom stereocenters. The summed E-state index contributed by atoms with van der Waals surface area (Å²) >= 11 is 12.2. The van der Waals surface area contributed by atoms with Crippen molar-refractivity contribution >= 4 is 23.2 Å². The number of benzene rings is 1. The number of nitrogens with zero attached hydrogens (tertiary/aromatic N) is 1. The van der Waals surface area contributed by atoms with Crippen molar-refractivity contribution in [3.8, 4) is 0 Å². The first-order chi connectivity index (χ1) is 8.91. The van der Waals surface area contributed by atoms with E-state index in [2.05, 4.69) is 18.7 Å². The number of morpholine rings is 1. The predicted molar refractivity (Wildman–Crippen MR) is 79.9 cm³/mol. The monoisotopic (exact) mass is 302 g/mol. The third-order valence-electron chi connectivity index (χ3n) is 3.39. The van der Waals surface area contributed by atoms with E-state index in [1.165, 1.54) is 0 Å². The Kier molecular flexibility index (Phi) is 4.75. The van der Waals surface area contributed by atoms with E-state index in [-0.39, 0.29) is 11.6 Å². The molecule has 1 heterocycles. The highest BCUT2D eigenvalue weighted by atomic mass is 35.5. The number of hydrogen-bond donors (Lipinski definition) is 1. The lowest BCUT2D eigenvalue weighted by molar-refractivity contribution is -0.0967. The van der Waals surface area contributed by atoms with Crippen LogP contribution in [0.15, 0.2) is 18.2 Å². The van der Waals surface area contributed by atoms with Gasteiger partial charge in [-0.2, -0.15) is 0 Å². The van der Waals surface area contributed by atoms with E-state index in [0.29, 0.717) is 16.6 Å². The molecule has 1 aliphatic rings. The topological polar surface area (TPSA) is 38.5 Å². The van der Waals surface area contributed by atoms with Crippen molar-refractivity contribution in [1.29, 1.82) is 0 Å². The van der Waals surface area contributed by atoms with Crippen LogP contribution in [0.4, 0.5) is 0 Å². The molecule has 0 aromatic heterocycles. The molecule has 19 heavy (non-hydrogen) atoms. The van der Waals surface area contributed by atoms with Crippen molar-refractivity contribution in [2.45, 2.75) is 25.5 Å². The Balaban J connectivity index is 2.23. The lowest BCUT2D eigenvalue weighted by Crippen LogP contribution is -2.50. The highest BCUT2D eigenvalue weighted by Crippen LogP contribution is 2.29. The minimum absolute atomic E-state index is 0.124. The third-order valence-corrected chi connectivity index (χ3v) is 3.83. The molecule has 1 saturated heterocycles. The van der Waals surface area contributed by atoms with Crippen molar-refractivity contribution in [2.75, 3.05) is 26.2 Å². The first kappa shape index (κ1) is 15.1. The second-order valence-electron chi connectivity index (χ2n) is 5.53. The number of ether oxygens (including phenoxy) is 1. The van der Waals surface area contributed by atoms with Crippen LogP contribution in [0.25, 0.3) is 0 Å². The fraction of sp³-hybridized carbons (Fsp3) is 0.571. The van der Waals surface area contributed by atoms with Crippen LogP contribution < -0.4 is 5.73 Å². The van der Waals surface area contributed by atoms with E-state index in [9.17, 15) is 0 Å². The first-order valence-corrected chi connectivity index (χ1v) is 7.21. The Labute approximate surface area is 124 Å². The number of hydrogen-bond acceptors (Lipinski definition) is 3. The average Bonchev–Trinajstić information content (AvgIpc) is 2.27. The number of nitrogens with two attached hydrogens (primary N) is 1. The molecule has 1 fully saturated rings. The van der Waals surface area contributed by atoms with Crippen LogP contribution >= 0.6 is 23.2 Å². The summed E-state index contributed by atoms with van der Waals surface area (Å²) in [5.41, 5.74) is 6.88. The van der Waals surface area contributed by atoms with Crippen molar-refractivity contribution in [1.82, 2.24) is 4.90 Å². The molecule has 3 nitrogen and oxygen atoms in total. The largest absolute Gasteiger partial charge is 0.373 e. The lowest BCUT2D eigenvalue weighted by atomic mass is 10.0. The van der Waals surface area contributed by atoms with E-state index in [1.54, 1.807) is 6.07 Å². The maximum atomic E-state index is 6.08. The minimum atomic E-state index is -0.145. The molecule has 1 aromatic carbocycles. The van der Waals surface area contributed by atoms with Crippen LogP contribution in [0.2, 0.25) is 10.0 Å². The highest BCUT2D eigenvalue weighted by Gasteiger charge is 2.31. The van der Waals surface area contributed by atoms with Gasteiger partial charge in [0.2, 0.25) is 0 Å². The molecular weight excluding hydrogens is 283 g/mol. The van der Waals surface area contributed by atoms with Gasteiger partial charge in [0.15, 0.2) is 0 Å². The Bertz CT molecular complexity index is 431. The van der Waals surface area contributed by atoms with Gasteiger partial charge in [-0.05, 0) is 37.6 Å². The zero-order chi connectivity index (χ0) is 14.0. The molecule has 0 spiro atoms. The SMILES string of the molecule is CC1(C)CN(C(CN)c2cc(Cl)cc(Cl)c2)CCO1. The molecule has 1 atom stereocenters. The summed E-state index contributed by atoms with van der Waals surface area (Å²) in [4.78, 5) is 2.34. The van der Waals surface area contributed by atoms with E-state index < -0.39 is 0 Å². The molecule has 2 rings (SSSR count). The molecule has 0 amide bonds. The molecule has 2 N–H and O–H groups in total. The Morgan fingerprint density at radius 1 is 1.32 bits per heavy atom. The molecule has 106 valence electrons. The summed E-state index contributed by atoms with van der Waals surface area (Å²) in [5.74, 6) is 0. The summed E-state index contributed by atoms with van der Waals surface area (Å²) < 4.78 is 5.74. The van der Waals surface area contributed by atoms with E-state index in [1.807, 2.05) is 12.1 Å². The van der Waals surface area contributed by atoms with Gasteiger partial charge in [-0.25, -0.2) is 0 Å². The van der Waals surface area contributed by atoms with Crippen LogP contribution in [0.5, 0.6) is 0 Å². The van der Waals surface area contributed by atoms with Crippen LogP contribution in [-0.2, 0) is 4.74 Å². The van der Waals surface area contributed by atoms with Gasteiger partial charge in [-0.15, -0.1) is 0 Å². The summed E-state index contributed by atoms with van der Waals surface area (Å²) in [5, 5.41) is 1.29. The zero-order valence-electron chi connectivity index (χ0n) is 11.3. The fourth-order valence-corrected chi connectivity index (χ4v) is 3.13. The molecule has 0 saturated carbocycles. The number of halogens is 2. The predicted octanol–water partition coefficient (Wildman–Crippen LogP) is 3.10. The normalized spacial score (nSPS) is 21.3. The Morgan fingerprint density at radius 2 is 1.95 bits per heavy atom. The number of rotatable bonds is 3. The molecule has 1 aromatic rings. The van der Waals surface area contributed by atoms with E-state index in [4.69, 9.17) is 33.7 Å². The quantitative estimate of drug-likeness (QED) is 0.932. The Hall–Kier alpha value is -0.320. The molecule has 5 heteroatoms. The first-order valence-electron chi connectivity index (χ1n) is 6.45. The standard InChI is InChI=1S/C14H20Cl2N2O/c1-14(2)9-18(3-4-19-14)13(8-17)10-5-11(15)7-12(16)6-10/h5-7,13H,3-4,8-9,17H2,1-2H3. The molecular formula is C14H20Cl2N2O. The van der Waals surface area contributed by atoms with Gasteiger partial charge in [0.05, 0.1) is 12.2 Å². The second kappa shape index (κ2) is 5.98. The zero-order valence-corrected chi connectivity index (χ0v) is 12.8. The fourth-order valence-electron chi connectivity index (χ4n) is 2.58. The van der Waals surface area contributed by atoms with Gasteiger partial charge in [0, 0.05) is 35.7 Å². The average molecular weight is 303 g/mol. The minimum Gasteiger partial charge on any atom is -0.373 e. The lowest BCUT2D eigenvalue weighted by Gasteiger charge is -2.42. The van der Waals surface area contributed by atoms with Gasteiger partial charge < -0.3 is 10.5 Å². The van der Waals surface area contributed by atoms with Crippen molar-refractivity contribution in [3.63, 3.8) is 0 Å². The van der Waals surface area contributed by atoms with Crippen LogP contribution in [0.1, 0.15) is 25.5 Å². The van der Waals surface area contributed by atoms with Gasteiger partial charge >= 0.3 is 0 Å². The molecule has 0 radical (unpaired) electrons. The van der Waals surface area contributed by atoms with E-state index in [0.717, 1.165) is 25.3 Å². The summed E-state index contributed by atoms with van der Waals surface area (Å²) in [6, 6.07) is 5.74. The van der Waals surface area contributed by atoms with Gasteiger partial charge in [0.25, 0.3) is 0 Å².